The predicted octanol–water partition coefficient (Wildman–Crippen LogP) is 2.82. The van der Waals surface area contributed by atoms with Gasteiger partial charge in [0.05, 0.1) is 23.2 Å². The Morgan fingerprint density at radius 1 is 1.24 bits per heavy atom. The molecule has 3 fully saturated rings. The summed E-state index contributed by atoms with van der Waals surface area (Å²) in [5.74, 6) is -1.84. The maximum absolute atomic E-state index is 13.7. The maximum atomic E-state index is 13.7. The van der Waals surface area contributed by atoms with Crippen LogP contribution >= 0.6 is 11.8 Å². The summed E-state index contributed by atoms with van der Waals surface area (Å²) in [4.78, 5) is 41.7. The fourth-order valence-electron chi connectivity index (χ4n) is 5.92. The van der Waals surface area contributed by atoms with Gasteiger partial charge in [0.2, 0.25) is 11.8 Å². The molecule has 0 saturated carbocycles. The fraction of sp³-hybridized carbons (Fsp3) is 0.480. The molecule has 174 valence electrons. The second kappa shape index (κ2) is 8.65. The standard InChI is InChI=1S/C25H28N2O5S/c1-2-32-24(31)19-18-10-11-25(33-18)20(19)23(30)27(12-5-13-28)21(25)22(29)26-17-9-8-15-6-3-4-7-16(15)14-17/h3-4,6-9,14,18-21,28H,2,5,10-13H2,1H3,(H,26,29)/t18-,19+,20+,21?,25?/m1/s1. The number of hydrogen-bond acceptors (Lipinski definition) is 6. The Bertz CT molecular complexity index is 1110. The van der Waals surface area contributed by atoms with Gasteiger partial charge in [-0.1, -0.05) is 30.3 Å². The van der Waals surface area contributed by atoms with Gasteiger partial charge in [-0.25, -0.2) is 0 Å². The van der Waals surface area contributed by atoms with Crippen LogP contribution in [-0.2, 0) is 19.1 Å². The van der Waals surface area contributed by atoms with Gasteiger partial charge < -0.3 is 20.1 Å². The highest BCUT2D eigenvalue weighted by molar-refractivity contribution is 8.02. The molecule has 2 bridgehead atoms. The molecule has 2 aromatic rings. The van der Waals surface area contributed by atoms with Gasteiger partial charge in [0.15, 0.2) is 0 Å². The molecule has 2 amide bonds. The molecule has 2 N–H and O–H groups in total. The lowest BCUT2D eigenvalue weighted by Crippen LogP contribution is -2.51. The first-order valence-corrected chi connectivity index (χ1v) is 12.4. The first-order valence-electron chi connectivity index (χ1n) is 11.6. The van der Waals surface area contributed by atoms with Crippen LogP contribution in [0.15, 0.2) is 42.5 Å². The van der Waals surface area contributed by atoms with Crippen LogP contribution in [0.5, 0.6) is 0 Å². The number of carbonyl (C=O) groups excluding carboxylic acids is 3. The number of hydrogen-bond donors (Lipinski definition) is 2. The predicted molar refractivity (Wildman–Crippen MR) is 127 cm³/mol. The van der Waals surface area contributed by atoms with E-state index in [2.05, 4.69) is 5.32 Å². The molecule has 3 heterocycles. The van der Waals surface area contributed by atoms with Crippen molar-refractivity contribution in [1.82, 2.24) is 4.90 Å². The van der Waals surface area contributed by atoms with E-state index in [0.29, 0.717) is 18.5 Å². The Balaban J connectivity index is 1.48. The molecule has 3 aliphatic heterocycles. The van der Waals surface area contributed by atoms with Crippen LogP contribution in [0.25, 0.3) is 10.8 Å². The van der Waals surface area contributed by atoms with E-state index in [4.69, 9.17) is 4.74 Å². The molecular weight excluding hydrogens is 440 g/mol. The number of benzene rings is 2. The number of likely N-dealkylation sites (tertiary alicyclic amines) is 1. The molecule has 3 aliphatic rings. The highest BCUT2D eigenvalue weighted by Crippen LogP contribution is 2.66. The van der Waals surface area contributed by atoms with Crippen molar-refractivity contribution in [2.45, 2.75) is 42.2 Å². The lowest BCUT2D eigenvalue weighted by molar-refractivity contribution is -0.153. The smallest absolute Gasteiger partial charge is 0.310 e. The SMILES string of the molecule is CCOC(=O)[C@@H]1[C@H]2C(=O)N(CCCO)C(C(=O)Nc3ccc4ccccc4c3)C23CC[C@H]1S3. The Kier molecular flexibility index (Phi) is 5.82. The number of rotatable bonds is 7. The number of fused-ring (bicyclic) bond motifs is 2. The second-order valence-electron chi connectivity index (χ2n) is 8.97. The van der Waals surface area contributed by atoms with E-state index >= 15 is 0 Å². The molecule has 2 unspecified atom stereocenters. The molecule has 1 spiro atoms. The van der Waals surface area contributed by atoms with Gasteiger partial charge in [-0.3, -0.25) is 14.4 Å². The average Bonchev–Trinajstić information content (AvgIpc) is 3.45. The van der Waals surface area contributed by atoms with E-state index in [0.717, 1.165) is 17.2 Å². The largest absolute Gasteiger partial charge is 0.466 e. The van der Waals surface area contributed by atoms with Crippen molar-refractivity contribution in [3.63, 3.8) is 0 Å². The summed E-state index contributed by atoms with van der Waals surface area (Å²) >= 11 is 1.62. The zero-order valence-corrected chi connectivity index (χ0v) is 19.3. The zero-order valence-electron chi connectivity index (χ0n) is 18.5. The van der Waals surface area contributed by atoms with Gasteiger partial charge in [-0.2, -0.15) is 0 Å². The van der Waals surface area contributed by atoms with E-state index in [1.165, 1.54) is 0 Å². The number of aliphatic hydroxyl groups is 1. The Labute approximate surface area is 196 Å². The third-order valence-electron chi connectivity index (χ3n) is 7.18. The second-order valence-corrected chi connectivity index (χ2v) is 10.6. The lowest BCUT2D eigenvalue weighted by atomic mass is 9.71. The number of nitrogens with zero attached hydrogens (tertiary/aromatic N) is 1. The first-order chi connectivity index (χ1) is 16.0. The highest BCUT2D eigenvalue weighted by Gasteiger charge is 2.73. The van der Waals surface area contributed by atoms with Crippen molar-refractivity contribution in [2.75, 3.05) is 25.1 Å². The van der Waals surface area contributed by atoms with E-state index < -0.39 is 22.6 Å². The zero-order chi connectivity index (χ0) is 23.2. The number of aliphatic hydroxyl groups excluding tert-OH is 1. The molecule has 5 rings (SSSR count). The lowest BCUT2D eigenvalue weighted by Gasteiger charge is -2.34. The van der Waals surface area contributed by atoms with Crippen LogP contribution in [0.4, 0.5) is 5.69 Å². The van der Waals surface area contributed by atoms with Crippen molar-refractivity contribution in [1.29, 1.82) is 0 Å². The molecule has 0 aliphatic carbocycles. The summed E-state index contributed by atoms with van der Waals surface area (Å²) in [7, 11) is 0. The van der Waals surface area contributed by atoms with Crippen LogP contribution in [0.1, 0.15) is 26.2 Å². The van der Waals surface area contributed by atoms with Crippen LogP contribution in [0, 0.1) is 11.8 Å². The van der Waals surface area contributed by atoms with E-state index in [-0.39, 0.29) is 42.8 Å². The fourth-order valence-corrected chi connectivity index (χ4v) is 8.13. The minimum Gasteiger partial charge on any atom is -0.466 e. The van der Waals surface area contributed by atoms with Gasteiger partial charge in [0.1, 0.15) is 6.04 Å². The van der Waals surface area contributed by atoms with Crippen molar-refractivity contribution >= 4 is 46.0 Å². The molecule has 8 heteroatoms. The van der Waals surface area contributed by atoms with E-state index in [1.54, 1.807) is 23.6 Å². The third kappa shape index (κ3) is 3.51. The number of nitrogens with one attached hydrogen (secondary N) is 1. The van der Waals surface area contributed by atoms with Crippen LogP contribution < -0.4 is 5.32 Å². The minimum absolute atomic E-state index is 0.00559. The topological polar surface area (TPSA) is 95.9 Å². The number of ether oxygens (including phenoxy) is 1. The normalized spacial score (nSPS) is 30.0. The molecule has 3 saturated heterocycles. The van der Waals surface area contributed by atoms with Crippen molar-refractivity contribution in [3.8, 4) is 0 Å². The van der Waals surface area contributed by atoms with Crippen molar-refractivity contribution in [3.05, 3.63) is 42.5 Å². The summed E-state index contributed by atoms with van der Waals surface area (Å²) in [6.07, 6.45) is 1.87. The van der Waals surface area contributed by atoms with E-state index in [1.807, 2.05) is 42.5 Å². The summed E-state index contributed by atoms with van der Waals surface area (Å²) in [5, 5.41) is 14.5. The number of amides is 2. The van der Waals surface area contributed by atoms with Crippen molar-refractivity contribution < 1.29 is 24.2 Å². The molecular formula is C25H28N2O5S. The number of esters is 1. The van der Waals surface area contributed by atoms with Gasteiger partial charge >= 0.3 is 5.97 Å². The van der Waals surface area contributed by atoms with Gasteiger partial charge in [0, 0.05) is 24.1 Å². The quantitative estimate of drug-likeness (QED) is 0.607. The molecule has 2 aromatic carbocycles. The maximum Gasteiger partial charge on any atom is 0.310 e. The Morgan fingerprint density at radius 3 is 2.79 bits per heavy atom. The molecule has 33 heavy (non-hydrogen) atoms. The molecule has 7 nitrogen and oxygen atoms in total. The molecule has 0 aromatic heterocycles. The third-order valence-corrected chi connectivity index (χ3v) is 9.13. The van der Waals surface area contributed by atoms with Gasteiger partial charge in [-0.05, 0) is 49.1 Å². The van der Waals surface area contributed by atoms with Gasteiger partial charge in [-0.15, -0.1) is 11.8 Å². The number of carbonyl (C=O) groups is 3. The summed E-state index contributed by atoms with van der Waals surface area (Å²) in [5.41, 5.74) is 0.674. The number of anilines is 1. The van der Waals surface area contributed by atoms with Crippen LogP contribution in [0.3, 0.4) is 0 Å². The summed E-state index contributed by atoms with van der Waals surface area (Å²) in [6, 6.07) is 13.0. The molecule has 5 atom stereocenters. The van der Waals surface area contributed by atoms with Crippen LogP contribution in [0.2, 0.25) is 0 Å². The highest BCUT2D eigenvalue weighted by atomic mass is 32.2. The summed E-state index contributed by atoms with van der Waals surface area (Å²) in [6.45, 7) is 2.24. The monoisotopic (exact) mass is 468 g/mol. The minimum atomic E-state index is -0.692. The van der Waals surface area contributed by atoms with Gasteiger partial charge in [0.25, 0.3) is 0 Å². The summed E-state index contributed by atoms with van der Waals surface area (Å²) < 4.78 is 4.67. The number of thioether (sulfide) groups is 1. The van der Waals surface area contributed by atoms with Crippen molar-refractivity contribution in [2.24, 2.45) is 11.8 Å². The first kappa shape index (κ1) is 22.2. The Morgan fingerprint density at radius 2 is 2.03 bits per heavy atom. The van der Waals surface area contributed by atoms with Crippen LogP contribution in [-0.4, -0.2) is 63.6 Å². The molecule has 0 radical (unpaired) electrons. The van der Waals surface area contributed by atoms with E-state index in [9.17, 15) is 19.5 Å². The Hall–Kier alpha value is -2.58. The average molecular weight is 469 g/mol.